The van der Waals surface area contributed by atoms with Crippen LogP contribution in [0.4, 0.5) is 10.1 Å². The molecule has 0 aliphatic rings. The van der Waals surface area contributed by atoms with Gasteiger partial charge in [-0.2, -0.15) is 0 Å². The van der Waals surface area contributed by atoms with Crippen LogP contribution in [0, 0.1) is 5.82 Å². The Labute approximate surface area is 173 Å². The number of hydrogen-bond donors (Lipinski definition) is 1. The highest BCUT2D eigenvalue weighted by molar-refractivity contribution is 6.32. The molecular weight excluding hydrogens is 401 g/mol. The number of rotatable bonds is 8. The molecule has 0 saturated heterocycles. The van der Waals surface area contributed by atoms with E-state index in [1.165, 1.54) is 44.4 Å². The van der Waals surface area contributed by atoms with Crippen molar-refractivity contribution in [1.29, 1.82) is 0 Å². The number of methoxy groups -OCH3 is 1. The third-order valence-corrected chi connectivity index (χ3v) is 3.98. The van der Waals surface area contributed by atoms with Gasteiger partial charge in [-0.3, -0.25) is 4.79 Å². The molecule has 0 fully saturated rings. The van der Waals surface area contributed by atoms with Crippen LogP contribution in [0.2, 0.25) is 5.02 Å². The molecule has 1 amide bonds. The third-order valence-electron chi connectivity index (χ3n) is 3.70. The van der Waals surface area contributed by atoms with E-state index in [4.69, 9.17) is 25.8 Å². The number of carbonyl (C=O) groups excluding carboxylic acids is 2. The number of benzene rings is 2. The fourth-order valence-corrected chi connectivity index (χ4v) is 2.68. The summed E-state index contributed by atoms with van der Waals surface area (Å²) >= 11 is 6.17. The second-order valence-corrected chi connectivity index (χ2v) is 6.29. The summed E-state index contributed by atoms with van der Waals surface area (Å²) in [6, 6.07) is 8.67. The predicted molar refractivity (Wildman–Crippen MR) is 109 cm³/mol. The number of carbonyl (C=O) groups is 2. The minimum Gasteiger partial charge on any atom is -0.491 e. The zero-order chi connectivity index (χ0) is 21.4. The first-order valence-electron chi connectivity index (χ1n) is 8.79. The van der Waals surface area contributed by atoms with Crippen molar-refractivity contribution in [2.45, 2.75) is 20.0 Å². The van der Waals surface area contributed by atoms with Crippen molar-refractivity contribution in [3.8, 4) is 11.5 Å². The summed E-state index contributed by atoms with van der Waals surface area (Å²) < 4.78 is 28.9. The van der Waals surface area contributed by atoms with E-state index in [0.29, 0.717) is 28.7 Å². The molecule has 0 bridgehead atoms. The number of amides is 1. The summed E-state index contributed by atoms with van der Waals surface area (Å²) in [4.78, 5) is 24.1. The van der Waals surface area contributed by atoms with Crippen molar-refractivity contribution in [2.24, 2.45) is 0 Å². The molecule has 6 nitrogen and oxygen atoms in total. The molecule has 1 atom stereocenters. The Morgan fingerprint density at radius 2 is 2.03 bits per heavy atom. The van der Waals surface area contributed by atoms with E-state index < -0.39 is 23.8 Å². The smallest absolute Gasteiger partial charge is 0.331 e. The number of anilines is 1. The summed E-state index contributed by atoms with van der Waals surface area (Å²) in [7, 11) is 1.48. The van der Waals surface area contributed by atoms with Crippen LogP contribution in [-0.4, -0.2) is 31.7 Å². The number of esters is 1. The van der Waals surface area contributed by atoms with E-state index >= 15 is 0 Å². The number of hydrogen-bond acceptors (Lipinski definition) is 5. The molecule has 0 spiro atoms. The van der Waals surface area contributed by atoms with Crippen molar-refractivity contribution < 1.29 is 28.2 Å². The molecule has 1 N–H and O–H groups in total. The molecule has 2 aromatic rings. The van der Waals surface area contributed by atoms with E-state index in [1.54, 1.807) is 12.1 Å². The van der Waals surface area contributed by atoms with Crippen LogP contribution in [0.25, 0.3) is 6.08 Å². The Balaban J connectivity index is 2.00. The van der Waals surface area contributed by atoms with E-state index in [0.717, 1.165) is 6.07 Å². The number of halogens is 2. The Hall–Kier alpha value is -3.06. The Morgan fingerprint density at radius 1 is 1.28 bits per heavy atom. The Bertz CT molecular complexity index is 916. The second kappa shape index (κ2) is 10.5. The fraction of sp³-hybridized carbons (Fsp3) is 0.238. The van der Waals surface area contributed by atoms with Crippen LogP contribution in [0.3, 0.4) is 0 Å². The van der Waals surface area contributed by atoms with Crippen LogP contribution in [0.1, 0.15) is 19.4 Å². The van der Waals surface area contributed by atoms with E-state index in [9.17, 15) is 14.0 Å². The van der Waals surface area contributed by atoms with Gasteiger partial charge in [-0.1, -0.05) is 17.7 Å². The first-order chi connectivity index (χ1) is 13.8. The molecule has 154 valence electrons. The molecule has 29 heavy (non-hydrogen) atoms. The zero-order valence-electron chi connectivity index (χ0n) is 16.2. The number of nitrogens with one attached hydrogen (secondary N) is 1. The minimum absolute atomic E-state index is 0.268. The topological polar surface area (TPSA) is 73.9 Å². The van der Waals surface area contributed by atoms with Crippen molar-refractivity contribution in [3.05, 3.63) is 58.9 Å². The largest absolute Gasteiger partial charge is 0.491 e. The molecule has 2 rings (SSSR count). The Morgan fingerprint density at radius 3 is 2.69 bits per heavy atom. The van der Waals surface area contributed by atoms with Gasteiger partial charge in [0.1, 0.15) is 5.82 Å². The molecule has 0 radical (unpaired) electrons. The maximum atomic E-state index is 13.2. The lowest BCUT2D eigenvalue weighted by Crippen LogP contribution is -2.29. The van der Waals surface area contributed by atoms with Crippen LogP contribution in [0.5, 0.6) is 11.5 Å². The maximum Gasteiger partial charge on any atom is 0.331 e. The average molecular weight is 422 g/mol. The molecule has 8 heteroatoms. The highest BCUT2D eigenvalue weighted by Crippen LogP contribution is 2.36. The van der Waals surface area contributed by atoms with Gasteiger partial charge in [-0.05, 0) is 55.8 Å². The van der Waals surface area contributed by atoms with Gasteiger partial charge in [-0.15, -0.1) is 0 Å². The van der Waals surface area contributed by atoms with Crippen molar-refractivity contribution in [2.75, 3.05) is 19.0 Å². The van der Waals surface area contributed by atoms with Crippen LogP contribution < -0.4 is 14.8 Å². The van der Waals surface area contributed by atoms with Gasteiger partial charge in [0.05, 0.1) is 18.7 Å². The normalized spacial score (nSPS) is 11.8. The monoisotopic (exact) mass is 421 g/mol. The molecule has 0 aromatic heterocycles. The molecule has 0 aliphatic heterocycles. The van der Waals surface area contributed by atoms with Gasteiger partial charge in [-0.25, -0.2) is 9.18 Å². The lowest BCUT2D eigenvalue weighted by atomic mass is 10.2. The third kappa shape index (κ3) is 6.50. The fourth-order valence-electron chi connectivity index (χ4n) is 2.39. The highest BCUT2D eigenvalue weighted by Gasteiger charge is 2.17. The lowest BCUT2D eigenvalue weighted by Gasteiger charge is -2.13. The van der Waals surface area contributed by atoms with Gasteiger partial charge in [0.15, 0.2) is 17.6 Å². The average Bonchev–Trinajstić information content (AvgIpc) is 2.66. The molecule has 1 unspecified atom stereocenters. The van der Waals surface area contributed by atoms with Gasteiger partial charge in [0, 0.05) is 11.8 Å². The summed E-state index contributed by atoms with van der Waals surface area (Å²) in [5, 5.41) is 2.80. The van der Waals surface area contributed by atoms with E-state index in [2.05, 4.69) is 5.32 Å². The SMILES string of the molecule is CCOc1cc(/C=C/C(=O)OC(C)C(=O)Nc2cccc(F)c2)cc(Cl)c1OC. The van der Waals surface area contributed by atoms with Gasteiger partial charge >= 0.3 is 5.97 Å². The lowest BCUT2D eigenvalue weighted by molar-refractivity contribution is -0.148. The Kier molecular flexibility index (Phi) is 8.03. The molecule has 0 heterocycles. The molecule has 0 saturated carbocycles. The van der Waals surface area contributed by atoms with E-state index in [-0.39, 0.29) is 5.69 Å². The zero-order valence-corrected chi connectivity index (χ0v) is 17.0. The van der Waals surface area contributed by atoms with Crippen LogP contribution >= 0.6 is 11.6 Å². The number of ether oxygens (including phenoxy) is 3. The van der Waals surface area contributed by atoms with Crippen LogP contribution in [-0.2, 0) is 14.3 Å². The standard InChI is InChI=1S/C21H21ClFNO5/c1-4-28-18-11-14(10-17(22)20(18)27-3)8-9-19(25)29-13(2)21(26)24-16-7-5-6-15(23)12-16/h5-13H,4H2,1-3H3,(H,24,26)/b9-8+. The summed E-state index contributed by atoms with van der Waals surface area (Å²) in [6.45, 7) is 3.65. The van der Waals surface area contributed by atoms with Crippen molar-refractivity contribution in [3.63, 3.8) is 0 Å². The quantitative estimate of drug-likeness (QED) is 0.503. The van der Waals surface area contributed by atoms with Crippen molar-refractivity contribution in [1.82, 2.24) is 0 Å². The van der Waals surface area contributed by atoms with Gasteiger partial charge < -0.3 is 19.5 Å². The van der Waals surface area contributed by atoms with Gasteiger partial charge in [0.25, 0.3) is 5.91 Å². The molecular formula is C21H21ClFNO5. The second-order valence-electron chi connectivity index (χ2n) is 5.88. The summed E-state index contributed by atoms with van der Waals surface area (Å²) in [5.41, 5.74) is 0.859. The summed E-state index contributed by atoms with van der Waals surface area (Å²) in [5.74, 6) is -0.950. The predicted octanol–water partition coefficient (Wildman–Crippen LogP) is 4.47. The first kappa shape index (κ1) is 22.2. The molecule has 2 aromatic carbocycles. The van der Waals surface area contributed by atoms with E-state index in [1.807, 2.05) is 6.92 Å². The van der Waals surface area contributed by atoms with Gasteiger partial charge in [0.2, 0.25) is 0 Å². The highest BCUT2D eigenvalue weighted by atomic mass is 35.5. The maximum absolute atomic E-state index is 13.2. The minimum atomic E-state index is -1.08. The van der Waals surface area contributed by atoms with Crippen LogP contribution in [0.15, 0.2) is 42.5 Å². The summed E-state index contributed by atoms with van der Waals surface area (Å²) in [6.07, 6.45) is 1.57. The van der Waals surface area contributed by atoms with Crippen molar-refractivity contribution >= 4 is 35.2 Å². The molecule has 0 aliphatic carbocycles. The first-order valence-corrected chi connectivity index (χ1v) is 9.17.